The molecule has 0 atom stereocenters. The van der Waals surface area contributed by atoms with Crippen molar-refractivity contribution in [3.63, 3.8) is 0 Å². The van der Waals surface area contributed by atoms with Crippen molar-refractivity contribution in [3.8, 4) is 0 Å². The minimum atomic E-state index is -3.27. The second-order valence-electron chi connectivity index (χ2n) is 4.78. The Bertz CT molecular complexity index is 739. The number of hydrogen-bond donors (Lipinski definition) is 0. The van der Waals surface area contributed by atoms with E-state index in [4.69, 9.17) is 0 Å². The molecule has 0 amide bonds. The Balaban J connectivity index is 2.03. The second-order valence-corrected chi connectivity index (χ2v) is 7.71. The number of thiazole rings is 1. The molecule has 0 aliphatic carbocycles. The first-order chi connectivity index (χ1) is 9.40. The van der Waals surface area contributed by atoms with E-state index in [-0.39, 0.29) is 10.6 Å². The summed E-state index contributed by atoms with van der Waals surface area (Å²) in [6, 6.07) is 6.85. The average Bonchev–Trinajstić information content (AvgIpc) is 2.71. The van der Waals surface area contributed by atoms with E-state index in [0.717, 1.165) is 22.6 Å². The Morgan fingerprint density at radius 3 is 2.35 bits per heavy atom. The standard InChI is InChI=1S/C14H17NO3S2/c1-11-4-6-13(7-5-11)20(17,18)9-3-8-15-12(2)10-19-14(15)16/h4-7,10H,3,8-9H2,1-2H3. The highest BCUT2D eigenvalue weighted by Crippen LogP contribution is 2.13. The second kappa shape index (κ2) is 5.93. The summed E-state index contributed by atoms with van der Waals surface area (Å²) >= 11 is 1.14. The van der Waals surface area contributed by atoms with Crippen molar-refractivity contribution in [1.82, 2.24) is 4.57 Å². The van der Waals surface area contributed by atoms with Crippen molar-refractivity contribution in [2.45, 2.75) is 31.7 Å². The van der Waals surface area contributed by atoms with Gasteiger partial charge in [-0.05, 0) is 32.4 Å². The van der Waals surface area contributed by atoms with Crippen LogP contribution in [0.15, 0.2) is 39.3 Å². The summed E-state index contributed by atoms with van der Waals surface area (Å²) < 4.78 is 25.9. The van der Waals surface area contributed by atoms with Crippen LogP contribution in [-0.2, 0) is 16.4 Å². The van der Waals surface area contributed by atoms with Crippen molar-refractivity contribution in [1.29, 1.82) is 0 Å². The minimum absolute atomic E-state index is 0.0322. The summed E-state index contributed by atoms with van der Waals surface area (Å²) in [6.07, 6.45) is 0.438. The number of aryl methyl sites for hydroxylation is 2. The van der Waals surface area contributed by atoms with Crippen LogP contribution < -0.4 is 4.87 Å². The maximum atomic E-state index is 12.2. The van der Waals surface area contributed by atoms with Crippen LogP contribution in [-0.4, -0.2) is 18.7 Å². The molecule has 20 heavy (non-hydrogen) atoms. The minimum Gasteiger partial charge on any atom is -0.303 e. The predicted octanol–water partition coefficient (Wildman–Crippen LogP) is 2.39. The highest BCUT2D eigenvalue weighted by atomic mass is 32.2. The van der Waals surface area contributed by atoms with Crippen molar-refractivity contribution >= 4 is 21.2 Å². The molecular weight excluding hydrogens is 294 g/mol. The van der Waals surface area contributed by atoms with Crippen molar-refractivity contribution in [2.75, 3.05) is 5.75 Å². The SMILES string of the molecule is Cc1ccc(S(=O)(=O)CCCn2c(C)csc2=O)cc1. The number of rotatable bonds is 5. The van der Waals surface area contributed by atoms with Crippen LogP contribution >= 0.6 is 11.3 Å². The number of aromatic nitrogens is 1. The van der Waals surface area contributed by atoms with Crippen LogP contribution in [0.2, 0.25) is 0 Å². The zero-order chi connectivity index (χ0) is 14.8. The lowest BCUT2D eigenvalue weighted by atomic mass is 10.2. The van der Waals surface area contributed by atoms with Crippen LogP contribution in [0, 0.1) is 13.8 Å². The summed E-state index contributed by atoms with van der Waals surface area (Å²) in [4.78, 5) is 11.8. The Labute approximate surface area is 122 Å². The normalized spacial score (nSPS) is 11.7. The quantitative estimate of drug-likeness (QED) is 0.852. The van der Waals surface area contributed by atoms with Gasteiger partial charge in [-0.3, -0.25) is 4.79 Å². The molecule has 0 saturated heterocycles. The highest BCUT2D eigenvalue weighted by molar-refractivity contribution is 7.91. The van der Waals surface area contributed by atoms with Gasteiger partial charge in [0.05, 0.1) is 10.6 Å². The van der Waals surface area contributed by atoms with E-state index in [0.29, 0.717) is 17.9 Å². The molecule has 0 radical (unpaired) electrons. The topological polar surface area (TPSA) is 56.1 Å². The Hall–Kier alpha value is -1.40. The van der Waals surface area contributed by atoms with Crippen LogP contribution in [0.1, 0.15) is 17.7 Å². The van der Waals surface area contributed by atoms with Gasteiger partial charge >= 0.3 is 4.87 Å². The van der Waals surface area contributed by atoms with Crippen molar-refractivity contribution in [3.05, 3.63) is 50.6 Å². The summed E-state index contributed by atoms with van der Waals surface area (Å²) in [5.74, 6) is 0.0534. The maximum Gasteiger partial charge on any atom is 0.307 e. The van der Waals surface area contributed by atoms with E-state index in [1.165, 1.54) is 0 Å². The number of nitrogens with zero attached hydrogens (tertiary/aromatic N) is 1. The molecule has 1 heterocycles. The van der Waals surface area contributed by atoms with Crippen molar-refractivity contribution < 1.29 is 8.42 Å². The molecule has 1 aromatic heterocycles. The summed E-state index contributed by atoms with van der Waals surface area (Å²) in [5.41, 5.74) is 1.91. The van der Waals surface area contributed by atoms with Gasteiger partial charge in [0.15, 0.2) is 9.84 Å². The van der Waals surface area contributed by atoms with E-state index >= 15 is 0 Å². The third-order valence-corrected chi connectivity index (χ3v) is 5.85. The molecule has 0 bridgehead atoms. The van der Waals surface area contributed by atoms with Crippen LogP contribution in [0.25, 0.3) is 0 Å². The van der Waals surface area contributed by atoms with Gasteiger partial charge in [0, 0.05) is 17.6 Å². The molecule has 0 aliphatic heterocycles. The average molecular weight is 311 g/mol. The smallest absolute Gasteiger partial charge is 0.303 e. The van der Waals surface area contributed by atoms with Crippen molar-refractivity contribution in [2.24, 2.45) is 0 Å². The molecule has 0 fully saturated rings. The van der Waals surface area contributed by atoms with Gasteiger partial charge in [0.1, 0.15) is 0 Å². The Morgan fingerprint density at radius 1 is 1.15 bits per heavy atom. The van der Waals surface area contributed by atoms with Gasteiger partial charge in [-0.1, -0.05) is 29.0 Å². The van der Waals surface area contributed by atoms with Gasteiger partial charge < -0.3 is 4.57 Å². The fraction of sp³-hybridized carbons (Fsp3) is 0.357. The first kappa shape index (κ1) is 15.0. The highest BCUT2D eigenvalue weighted by Gasteiger charge is 2.14. The molecule has 0 N–H and O–H groups in total. The summed E-state index contributed by atoms with van der Waals surface area (Å²) in [5, 5.41) is 1.79. The lowest BCUT2D eigenvalue weighted by Crippen LogP contribution is -2.17. The Kier molecular flexibility index (Phi) is 4.45. The predicted molar refractivity (Wildman–Crippen MR) is 81.2 cm³/mol. The summed E-state index contributed by atoms with van der Waals surface area (Å²) in [6.45, 7) is 4.22. The van der Waals surface area contributed by atoms with Crippen LogP contribution in [0.5, 0.6) is 0 Å². The molecule has 2 aromatic rings. The molecule has 108 valence electrons. The number of sulfone groups is 1. The lowest BCUT2D eigenvalue weighted by Gasteiger charge is -2.06. The molecule has 0 aliphatic rings. The molecule has 2 rings (SSSR count). The maximum absolute atomic E-state index is 12.2. The fourth-order valence-electron chi connectivity index (χ4n) is 1.95. The molecule has 0 unspecified atom stereocenters. The van der Waals surface area contributed by atoms with Gasteiger partial charge in [-0.2, -0.15) is 0 Å². The molecule has 1 aromatic carbocycles. The Morgan fingerprint density at radius 2 is 1.80 bits per heavy atom. The fourth-order valence-corrected chi connectivity index (χ4v) is 4.01. The van der Waals surface area contributed by atoms with Gasteiger partial charge in [-0.25, -0.2) is 8.42 Å². The zero-order valence-corrected chi connectivity index (χ0v) is 13.1. The molecule has 0 spiro atoms. The summed E-state index contributed by atoms with van der Waals surface area (Å²) in [7, 11) is -3.27. The molecule has 0 saturated carbocycles. The number of benzene rings is 1. The first-order valence-corrected chi connectivity index (χ1v) is 8.88. The van der Waals surface area contributed by atoms with Gasteiger partial charge in [0.2, 0.25) is 0 Å². The largest absolute Gasteiger partial charge is 0.307 e. The van der Waals surface area contributed by atoms with Gasteiger partial charge in [-0.15, -0.1) is 0 Å². The number of hydrogen-bond acceptors (Lipinski definition) is 4. The van der Waals surface area contributed by atoms with E-state index in [2.05, 4.69) is 0 Å². The van der Waals surface area contributed by atoms with Crippen LogP contribution in [0.4, 0.5) is 0 Å². The third-order valence-electron chi connectivity index (χ3n) is 3.15. The molecular formula is C14H17NO3S2. The molecule has 6 heteroatoms. The van der Waals surface area contributed by atoms with E-state index < -0.39 is 9.84 Å². The third kappa shape index (κ3) is 3.37. The monoisotopic (exact) mass is 311 g/mol. The van der Waals surface area contributed by atoms with E-state index in [1.807, 2.05) is 13.8 Å². The zero-order valence-electron chi connectivity index (χ0n) is 11.5. The lowest BCUT2D eigenvalue weighted by molar-refractivity contribution is 0.583. The van der Waals surface area contributed by atoms with E-state index in [1.54, 1.807) is 34.2 Å². The molecule has 4 nitrogen and oxygen atoms in total. The van der Waals surface area contributed by atoms with E-state index in [9.17, 15) is 13.2 Å². The van der Waals surface area contributed by atoms with Crippen LogP contribution in [0.3, 0.4) is 0 Å². The first-order valence-electron chi connectivity index (χ1n) is 6.34. The van der Waals surface area contributed by atoms with Gasteiger partial charge in [0.25, 0.3) is 0 Å².